The van der Waals surface area contributed by atoms with Crippen LogP contribution in [0.25, 0.3) is 0 Å². The van der Waals surface area contributed by atoms with Crippen LogP contribution in [0.15, 0.2) is 6.07 Å². The van der Waals surface area contributed by atoms with Crippen LogP contribution in [-0.2, 0) is 5.92 Å². The van der Waals surface area contributed by atoms with Gasteiger partial charge in [0.15, 0.2) is 0 Å². The predicted octanol–water partition coefficient (Wildman–Crippen LogP) is 1.92. The number of rotatable bonds is 3. The lowest BCUT2D eigenvalue weighted by atomic mass is 10.3. The first-order valence-corrected chi connectivity index (χ1v) is 3.60. The average molecular weight is 176 g/mol. The molecular weight excluding hydrogens is 166 g/mol. The minimum absolute atomic E-state index is 0.203. The molecular formula is C7H10F2N2O. The number of halogens is 2. The van der Waals surface area contributed by atoms with Crippen molar-refractivity contribution in [3.63, 3.8) is 0 Å². The summed E-state index contributed by atoms with van der Waals surface area (Å²) >= 11 is 0. The van der Waals surface area contributed by atoms with Gasteiger partial charge in [0.25, 0.3) is 5.92 Å². The Morgan fingerprint density at radius 1 is 1.67 bits per heavy atom. The summed E-state index contributed by atoms with van der Waals surface area (Å²) < 4.78 is 30.1. The number of nitrogens with one attached hydrogen (secondary N) is 1. The Hall–Kier alpha value is -1.13. The highest BCUT2D eigenvalue weighted by molar-refractivity contribution is 5.17. The van der Waals surface area contributed by atoms with E-state index in [1.807, 2.05) is 0 Å². The maximum Gasteiger partial charge on any atom is 0.286 e. The number of ether oxygens (including phenoxy) is 1. The van der Waals surface area contributed by atoms with Gasteiger partial charge < -0.3 is 4.74 Å². The van der Waals surface area contributed by atoms with Gasteiger partial charge in [-0.15, -0.1) is 5.10 Å². The third kappa shape index (κ3) is 1.93. The molecule has 0 fully saturated rings. The molecule has 0 unspecified atom stereocenters. The maximum atomic E-state index is 12.6. The van der Waals surface area contributed by atoms with Crippen molar-refractivity contribution < 1.29 is 13.5 Å². The first kappa shape index (κ1) is 8.96. The average Bonchev–Trinajstić information content (AvgIpc) is 2.35. The van der Waals surface area contributed by atoms with E-state index in [2.05, 4.69) is 10.2 Å². The number of aromatic amines is 1. The van der Waals surface area contributed by atoms with Crippen LogP contribution in [0.5, 0.6) is 5.88 Å². The Morgan fingerprint density at radius 3 is 2.75 bits per heavy atom. The molecule has 1 N–H and O–H groups in total. The van der Waals surface area contributed by atoms with Crippen LogP contribution in [-0.4, -0.2) is 16.8 Å². The van der Waals surface area contributed by atoms with Crippen molar-refractivity contribution >= 4 is 0 Å². The van der Waals surface area contributed by atoms with E-state index >= 15 is 0 Å². The van der Waals surface area contributed by atoms with Crippen molar-refractivity contribution in [2.45, 2.75) is 19.8 Å². The van der Waals surface area contributed by atoms with Gasteiger partial charge in [0.2, 0.25) is 5.88 Å². The van der Waals surface area contributed by atoms with Gasteiger partial charge in [-0.25, -0.2) is 0 Å². The minimum atomic E-state index is -2.89. The van der Waals surface area contributed by atoms with Crippen LogP contribution in [0.3, 0.4) is 0 Å². The summed E-state index contributed by atoms with van der Waals surface area (Å²) in [6, 6.07) is 1.20. The lowest BCUT2D eigenvalue weighted by Gasteiger charge is -2.04. The van der Waals surface area contributed by atoms with Gasteiger partial charge in [-0.2, -0.15) is 8.78 Å². The molecule has 0 bridgehead atoms. The van der Waals surface area contributed by atoms with Crippen LogP contribution in [0.4, 0.5) is 8.78 Å². The van der Waals surface area contributed by atoms with Crippen LogP contribution < -0.4 is 4.74 Å². The summed E-state index contributed by atoms with van der Waals surface area (Å²) in [5.74, 6) is -2.68. The molecule has 0 atom stereocenters. The van der Waals surface area contributed by atoms with Crippen molar-refractivity contribution in [3.8, 4) is 5.88 Å². The lowest BCUT2D eigenvalue weighted by Crippen LogP contribution is -2.06. The predicted molar refractivity (Wildman–Crippen MR) is 39.3 cm³/mol. The number of H-pyrrole nitrogens is 1. The standard InChI is InChI=1S/C7H10F2N2O/c1-3-12-6-4-5(10-11-6)7(2,8)9/h4H,3H2,1-2H3,(H,10,11). The van der Waals surface area contributed by atoms with Crippen LogP contribution in [0.1, 0.15) is 19.5 Å². The van der Waals surface area contributed by atoms with Gasteiger partial charge in [0.1, 0.15) is 5.69 Å². The van der Waals surface area contributed by atoms with E-state index in [0.717, 1.165) is 6.92 Å². The zero-order valence-corrected chi connectivity index (χ0v) is 6.90. The van der Waals surface area contributed by atoms with Crippen LogP contribution >= 0.6 is 0 Å². The molecule has 1 rings (SSSR count). The molecule has 0 saturated carbocycles. The van der Waals surface area contributed by atoms with E-state index in [1.165, 1.54) is 6.07 Å². The fourth-order valence-electron chi connectivity index (χ4n) is 0.750. The third-order valence-corrected chi connectivity index (χ3v) is 1.32. The SMILES string of the molecule is CCOc1cc(C(C)(F)F)[nH]n1. The zero-order valence-electron chi connectivity index (χ0n) is 6.90. The van der Waals surface area contributed by atoms with Gasteiger partial charge >= 0.3 is 0 Å². The Balaban J connectivity index is 2.77. The molecule has 3 nitrogen and oxygen atoms in total. The Kier molecular flexibility index (Phi) is 2.30. The van der Waals surface area contributed by atoms with Gasteiger partial charge in [-0.05, 0) is 6.92 Å². The van der Waals surface area contributed by atoms with E-state index in [1.54, 1.807) is 6.92 Å². The fraction of sp³-hybridized carbons (Fsp3) is 0.571. The van der Waals surface area contributed by atoms with Gasteiger partial charge in [-0.1, -0.05) is 0 Å². The van der Waals surface area contributed by atoms with Crippen molar-refractivity contribution in [1.29, 1.82) is 0 Å². The van der Waals surface area contributed by atoms with E-state index in [4.69, 9.17) is 4.74 Å². The molecule has 0 aliphatic rings. The van der Waals surface area contributed by atoms with Crippen LogP contribution in [0.2, 0.25) is 0 Å². The summed E-state index contributed by atoms with van der Waals surface area (Å²) in [5, 5.41) is 5.75. The van der Waals surface area contributed by atoms with Crippen molar-refractivity contribution in [3.05, 3.63) is 11.8 Å². The maximum absolute atomic E-state index is 12.6. The second-order valence-electron chi connectivity index (χ2n) is 2.44. The number of nitrogens with zero attached hydrogens (tertiary/aromatic N) is 1. The molecule has 5 heteroatoms. The lowest BCUT2D eigenvalue weighted by molar-refractivity contribution is 0.0127. The van der Waals surface area contributed by atoms with Gasteiger partial charge in [0, 0.05) is 13.0 Å². The molecule has 0 aliphatic carbocycles. The first-order chi connectivity index (χ1) is 5.54. The second kappa shape index (κ2) is 3.08. The molecule has 0 radical (unpaired) electrons. The fourth-order valence-corrected chi connectivity index (χ4v) is 0.750. The highest BCUT2D eigenvalue weighted by atomic mass is 19.3. The summed E-state index contributed by atoms with van der Waals surface area (Å²) in [6.07, 6.45) is 0. The molecule has 0 saturated heterocycles. The first-order valence-electron chi connectivity index (χ1n) is 3.60. The molecule has 1 aromatic rings. The highest BCUT2D eigenvalue weighted by Crippen LogP contribution is 2.26. The van der Waals surface area contributed by atoms with E-state index in [0.29, 0.717) is 6.61 Å². The van der Waals surface area contributed by atoms with Crippen LogP contribution in [0, 0.1) is 0 Å². The van der Waals surface area contributed by atoms with Crippen molar-refractivity contribution in [1.82, 2.24) is 10.2 Å². The molecule has 1 aromatic heterocycles. The zero-order chi connectivity index (χ0) is 9.19. The van der Waals surface area contributed by atoms with E-state index < -0.39 is 5.92 Å². The molecule has 0 amide bonds. The molecule has 0 aliphatic heterocycles. The van der Waals surface area contributed by atoms with Gasteiger partial charge in [-0.3, -0.25) is 5.10 Å². The Labute approximate surface area is 68.7 Å². The topological polar surface area (TPSA) is 37.9 Å². The van der Waals surface area contributed by atoms with Crippen molar-refractivity contribution in [2.75, 3.05) is 6.61 Å². The molecule has 0 spiro atoms. The third-order valence-electron chi connectivity index (χ3n) is 1.32. The summed E-state index contributed by atoms with van der Waals surface area (Å²) in [7, 11) is 0. The summed E-state index contributed by atoms with van der Waals surface area (Å²) in [4.78, 5) is 0. The second-order valence-corrected chi connectivity index (χ2v) is 2.44. The van der Waals surface area contributed by atoms with E-state index in [9.17, 15) is 8.78 Å². The number of aromatic nitrogens is 2. The number of alkyl halides is 2. The molecule has 0 aromatic carbocycles. The highest BCUT2D eigenvalue weighted by Gasteiger charge is 2.27. The Bertz CT molecular complexity index is 254. The molecule has 12 heavy (non-hydrogen) atoms. The number of hydrogen-bond donors (Lipinski definition) is 1. The normalized spacial score (nSPS) is 11.7. The molecule has 1 heterocycles. The minimum Gasteiger partial charge on any atom is -0.477 e. The smallest absolute Gasteiger partial charge is 0.286 e. The summed E-state index contributed by atoms with van der Waals surface area (Å²) in [6.45, 7) is 2.98. The largest absolute Gasteiger partial charge is 0.477 e. The molecule has 68 valence electrons. The van der Waals surface area contributed by atoms with Crippen molar-refractivity contribution in [2.24, 2.45) is 0 Å². The quantitative estimate of drug-likeness (QED) is 0.763. The monoisotopic (exact) mass is 176 g/mol. The summed E-state index contributed by atoms with van der Waals surface area (Å²) in [5.41, 5.74) is -0.231. The van der Waals surface area contributed by atoms with Gasteiger partial charge in [0.05, 0.1) is 6.61 Å². The Morgan fingerprint density at radius 2 is 2.33 bits per heavy atom. The number of hydrogen-bond acceptors (Lipinski definition) is 2. The van der Waals surface area contributed by atoms with E-state index in [-0.39, 0.29) is 11.6 Å².